The Morgan fingerprint density at radius 1 is 1.25 bits per heavy atom. The van der Waals surface area contributed by atoms with Crippen LogP contribution in [-0.2, 0) is 24.3 Å². The highest BCUT2D eigenvalue weighted by Crippen LogP contribution is 2.25. The second-order valence-corrected chi connectivity index (χ2v) is 8.33. The minimum Gasteiger partial charge on any atom is -0.336 e. The monoisotopic (exact) mass is 384 g/mol. The first-order chi connectivity index (χ1) is 13.5. The van der Waals surface area contributed by atoms with Gasteiger partial charge in [0.25, 0.3) is 0 Å². The van der Waals surface area contributed by atoms with Gasteiger partial charge >= 0.3 is 0 Å². The molecule has 1 unspecified atom stereocenters. The maximum absolute atomic E-state index is 13.2. The fraction of sp³-hybridized carbons (Fsp3) is 0.545. The zero-order valence-corrected chi connectivity index (χ0v) is 16.8. The van der Waals surface area contributed by atoms with Gasteiger partial charge in [-0.05, 0) is 69.0 Å². The van der Waals surface area contributed by atoms with Crippen LogP contribution in [0.3, 0.4) is 0 Å². The number of rotatable bonds is 4. The maximum Gasteiger partial charge on any atom is 0.223 e. The molecule has 1 amide bonds. The van der Waals surface area contributed by atoms with E-state index in [0.29, 0.717) is 25.4 Å². The molecule has 3 heterocycles. The second kappa shape index (κ2) is 8.03. The van der Waals surface area contributed by atoms with Crippen LogP contribution in [0.1, 0.15) is 41.8 Å². The minimum atomic E-state index is -0.229. The number of amides is 1. The molecular weight excluding hydrogens is 355 g/mol. The number of piperidine rings is 1. The van der Waals surface area contributed by atoms with Crippen molar-refractivity contribution in [2.24, 2.45) is 5.92 Å². The van der Waals surface area contributed by atoms with E-state index in [2.05, 4.69) is 11.9 Å². The van der Waals surface area contributed by atoms with Gasteiger partial charge in [0.15, 0.2) is 0 Å². The topological polar surface area (TPSA) is 41.4 Å². The molecule has 0 saturated carbocycles. The Morgan fingerprint density at radius 2 is 2.04 bits per heavy atom. The number of benzene rings is 1. The molecule has 4 rings (SSSR count). The van der Waals surface area contributed by atoms with Gasteiger partial charge in [-0.15, -0.1) is 0 Å². The van der Waals surface area contributed by atoms with Crippen molar-refractivity contribution in [2.75, 3.05) is 26.7 Å². The predicted molar refractivity (Wildman–Crippen MR) is 106 cm³/mol. The van der Waals surface area contributed by atoms with Gasteiger partial charge in [-0.2, -0.15) is 5.10 Å². The van der Waals surface area contributed by atoms with Crippen molar-refractivity contribution in [1.29, 1.82) is 0 Å². The Balaban J connectivity index is 1.46. The Hall–Kier alpha value is -2.21. The molecule has 5 nitrogen and oxygen atoms in total. The number of nitrogens with zero attached hydrogens (tertiary/aromatic N) is 4. The fourth-order valence-electron chi connectivity index (χ4n) is 4.60. The van der Waals surface area contributed by atoms with Crippen LogP contribution in [0, 0.1) is 18.7 Å². The second-order valence-electron chi connectivity index (χ2n) is 8.33. The summed E-state index contributed by atoms with van der Waals surface area (Å²) in [6.07, 6.45) is 3.84. The molecule has 1 fully saturated rings. The van der Waals surface area contributed by atoms with E-state index in [1.807, 2.05) is 16.5 Å². The van der Waals surface area contributed by atoms with Gasteiger partial charge in [0.1, 0.15) is 5.82 Å². The molecule has 0 aliphatic carbocycles. The van der Waals surface area contributed by atoms with Gasteiger partial charge in [0.2, 0.25) is 5.91 Å². The van der Waals surface area contributed by atoms with Gasteiger partial charge < -0.3 is 9.80 Å². The summed E-state index contributed by atoms with van der Waals surface area (Å²) in [6.45, 7) is 6.20. The van der Waals surface area contributed by atoms with Crippen LogP contribution in [0.25, 0.3) is 0 Å². The summed E-state index contributed by atoms with van der Waals surface area (Å²) in [7, 11) is 2.14. The van der Waals surface area contributed by atoms with E-state index in [1.54, 1.807) is 12.1 Å². The van der Waals surface area contributed by atoms with Crippen molar-refractivity contribution in [3.63, 3.8) is 0 Å². The third-order valence-corrected chi connectivity index (χ3v) is 6.12. The van der Waals surface area contributed by atoms with Gasteiger partial charge in [-0.3, -0.25) is 9.48 Å². The van der Waals surface area contributed by atoms with Crippen LogP contribution in [-0.4, -0.2) is 52.2 Å². The van der Waals surface area contributed by atoms with Crippen LogP contribution < -0.4 is 0 Å². The molecular formula is C22H29FN4O. The molecule has 1 aromatic heterocycles. The summed E-state index contributed by atoms with van der Waals surface area (Å²) in [5.74, 6) is 0.504. The summed E-state index contributed by atoms with van der Waals surface area (Å²) >= 11 is 0. The van der Waals surface area contributed by atoms with Crippen molar-refractivity contribution in [3.8, 4) is 0 Å². The SMILES string of the molecule is Cc1nn(Cc2ccc(F)cc2)c2c1CCN(C(=O)CC1CCCN(C)C1)C2. The highest BCUT2D eigenvalue weighted by atomic mass is 19.1. The quantitative estimate of drug-likeness (QED) is 0.814. The summed E-state index contributed by atoms with van der Waals surface area (Å²) in [4.78, 5) is 17.3. The summed E-state index contributed by atoms with van der Waals surface area (Å²) < 4.78 is 15.2. The van der Waals surface area contributed by atoms with E-state index in [-0.39, 0.29) is 11.7 Å². The molecule has 0 N–H and O–H groups in total. The summed E-state index contributed by atoms with van der Waals surface area (Å²) in [6, 6.07) is 6.55. The molecule has 0 bridgehead atoms. The van der Waals surface area contributed by atoms with E-state index >= 15 is 0 Å². The molecule has 2 aliphatic heterocycles. The third kappa shape index (κ3) is 4.12. The molecule has 1 saturated heterocycles. The summed E-state index contributed by atoms with van der Waals surface area (Å²) in [5.41, 5.74) is 4.45. The van der Waals surface area contributed by atoms with Crippen molar-refractivity contribution >= 4 is 5.91 Å². The van der Waals surface area contributed by atoms with E-state index < -0.39 is 0 Å². The molecule has 1 atom stereocenters. The van der Waals surface area contributed by atoms with Crippen LogP contribution in [0.4, 0.5) is 4.39 Å². The Kier molecular flexibility index (Phi) is 5.49. The number of aromatic nitrogens is 2. The van der Waals surface area contributed by atoms with Gasteiger partial charge in [0, 0.05) is 19.5 Å². The fourth-order valence-corrected chi connectivity index (χ4v) is 4.60. The van der Waals surface area contributed by atoms with Gasteiger partial charge in [-0.25, -0.2) is 4.39 Å². The molecule has 150 valence electrons. The number of likely N-dealkylation sites (tertiary alicyclic amines) is 1. The van der Waals surface area contributed by atoms with E-state index in [4.69, 9.17) is 5.10 Å². The van der Waals surface area contributed by atoms with Gasteiger partial charge in [-0.1, -0.05) is 12.1 Å². The standard InChI is InChI=1S/C22H29FN4O/c1-16-20-9-11-26(22(28)12-18-4-3-10-25(2)13-18)15-21(20)27(24-16)14-17-5-7-19(23)8-6-17/h5-8,18H,3-4,9-15H2,1-2H3. The number of fused-ring (bicyclic) bond motifs is 1. The number of hydrogen-bond acceptors (Lipinski definition) is 3. The van der Waals surface area contributed by atoms with Crippen LogP contribution in [0.15, 0.2) is 24.3 Å². The minimum absolute atomic E-state index is 0.229. The predicted octanol–water partition coefficient (Wildman–Crippen LogP) is 3.00. The van der Waals surface area contributed by atoms with Crippen LogP contribution in [0.5, 0.6) is 0 Å². The number of carbonyl (C=O) groups is 1. The zero-order chi connectivity index (χ0) is 19.7. The largest absolute Gasteiger partial charge is 0.336 e. The van der Waals surface area contributed by atoms with E-state index in [9.17, 15) is 9.18 Å². The highest BCUT2D eigenvalue weighted by molar-refractivity contribution is 5.76. The zero-order valence-electron chi connectivity index (χ0n) is 16.8. The lowest BCUT2D eigenvalue weighted by atomic mass is 9.94. The molecule has 2 aromatic rings. The lowest BCUT2D eigenvalue weighted by Gasteiger charge is -2.33. The van der Waals surface area contributed by atoms with Crippen molar-refractivity contribution in [2.45, 2.75) is 45.7 Å². The molecule has 2 aliphatic rings. The first-order valence-corrected chi connectivity index (χ1v) is 10.3. The number of carbonyl (C=O) groups excluding carboxylic acids is 1. The maximum atomic E-state index is 13.2. The first kappa shape index (κ1) is 19.1. The lowest BCUT2D eigenvalue weighted by Crippen LogP contribution is -2.40. The van der Waals surface area contributed by atoms with Crippen molar-refractivity contribution in [3.05, 3.63) is 52.6 Å². The van der Waals surface area contributed by atoms with Gasteiger partial charge in [0.05, 0.1) is 24.5 Å². The Morgan fingerprint density at radius 3 is 2.79 bits per heavy atom. The normalized spacial score (nSPS) is 20.2. The molecule has 0 radical (unpaired) electrons. The highest BCUT2D eigenvalue weighted by Gasteiger charge is 2.28. The Labute approximate surface area is 166 Å². The number of aryl methyl sites for hydroxylation is 1. The number of halogens is 1. The van der Waals surface area contributed by atoms with Crippen LogP contribution in [0.2, 0.25) is 0 Å². The Bertz CT molecular complexity index is 845. The third-order valence-electron chi connectivity index (χ3n) is 6.12. The van der Waals surface area contributed by atoms with Crippen LogP contribution >= 0.6 is 0 Å². The molecule has 1 aromatic carbocycles. The molecule has 0 spiro atoms. The summed E-state index contributed by atoms with van der Waals surface area (Å²) in [5, 5.41) is 4.71. The first-order valence-electron chi connectivity index (χ1n) is 10.3. The average Bonchev–Trinajstić information content (AvgIpc) is 2.99. The number of hydrogen-bond donors (Lipinski definition) is 0. The van der Waals surface area contributed by atoms with Crippen molar-refractivity contribution in [1.82, 2.24) is 19.6 Å². The van der Waals surface area contributed by atoms with E-state index in [1.165, 1.54) is 24.1 Å². The average molecular weight is 384 g/mol. The molecule has 6 heteroatoms. The molecule has 28 heavy (non-hydrogen) atoms. The van der Waals surface area contributed by atoms with Crippen molar-refractivity contribution < 1.29 is 9.18 Å². The smallest absolute Gasteiger partial charge is 0.223 e. The van der Waals surface area contributed by atoms with E-state index in [0.717, 1.165) is 49.4 Å². The lowest BCUT2D eigenvalue weighted by molar-refractivity contribution is -0.133.